The maximum atomic E-state index is 13.4. The van der Waals surface area contributed by atoms with Gasteiger partial charge in [0.05, 0.1) is 13.7 Å². The number of methoxy groups -OCH3 is 2. The van der Waals surface area contributed by atoms with Crippen molar-refractivity contribution in [2.75, 3.05) is 21.0 Å². The minimum Gasteiger partial charge on any atom is -0.469 e. The molecule has 0 saturated carbocycles. The predicted octanol–water partition coefficient (Wildman–Crippen LogP) is 5.32. The topological polar surface area (TPSA) is 61.8 Å². The van der Waals surface area contributed by atoms with Crippen LogP contribution in [-0.4, -0.2) is 32.8 Å². The lowest BCUT2D eigenvalue weighted by Crippen LogP contribution is -2.13. The van der Waals surface area contributed by atoms with E-state index in [0.717, 1.165) is 17.5 Å². The first kappa shape index (κ1) is 24.8. The fourth-order valence-corrected chi connectivity index (χ4v) is 3.74. The summed E-state index contributed by atoms with van der Waals surface area (Å²) in [5.74, 6) is 0.428. The number of benzene rings is 2. The summed E-state index contributed by atoms with van der Waals surface area (Å²) < 4.78 is 15.2. The van der Waals surface area contributed by atoms with Crippen molar-refractivity contribution in [2.45, 2.75) is 52.1 Å². The summed E-state index contributed by atoms with van der Waals surface area (Å²) in [6.07, 6.45) is 2.07. The highest BCUT2D eigenvalue weighted by Crippen LogP contribution is 2.30. The first-order chi connectivity index (χ1) is 14.9. The van der Waals surface area contributed by atoms with Gasteiger partial charge in [-0.3, -0.25) is 9.59 Å². The Balaban J connectivity index is 2.27. The Kier molecular flexibility index (Phi) is 10.4. The summed E-state index contributed by atoms with van der Waals surface area (Å²) in [7, 11) is 2.95. The van der Waals surface area contributed by atoms with Crippen molar-refractivity contribution < 1.29 is 23.8 Å². The molecule has 168 valence electrons. The van der Waals surface area contributed by atoms with Crippen LogP contribution in [0.15, 0.2) is 48.5 Å². The van der Waals surface area contributed by atoms with Crippen molar-refractivity contribution >= 4 is 11.8 Å². The Morgan fingerprint density at radius 1 is 1.00 bits per heavy atom. The highest BCUT2D eigenvalue weighted by molar-refractivity contribution is 5.98. The molecule has 5 nitrogen and oxygen atoms in total. The van der Waals surface area contributed by atoms with Crippen molar-refractivity contribution in [3.63, 3.8) is 0 Å². The van der Waals surface area contributed by atoms with Gasteiger partial charge in [0.25, 0.3) is 0 Å². The molecule has 0 aliphatic carbocycles. The van der Waals surface area contributed by atoms with Gasteiger partial charge in [0.15, 0.2) is 5.78 Å². The Morgan fingerprint density at radius 2 is 1.74 bits per heavy atom. The van der Waals surface area contributed by atoms with Crippen LogP contribution >= 0.6 is 0 Å². The van der Waals surface area contributed by atoms with Gasteiger partial charge in [0.1, 0.15) is 6.79 Å². The zero-order valence-electron chi connectivity index (χ0n) is 19.1. The minimum atomic E-state index is -0.284. The molecule has 0 fully saturated rings. The van der Waals surface area contributed by atoms with Crippen LogP contribution in [-0.2, 0) is 32.0 Å². The number of esters is 1. The molecule has 0 radical (unpaired) electrons. The van der Waals surface area contributed by atoms with Crippen LogP contribution in [0.25, 0.3) is 0 Å². The van der Waals surface area contributed by atoms with Gasteiger partial charge in [-0.05, 0) is 47.4 Å². The SMILES string of the molecule is COCOCc1ccc(CCC(=O)OC)c(C(=O)CC(CC(C)C)c2ccccc2)c1. The van der Waals surface area contributed by atoms with Crippen molar-refractivity contribution in [3.05, 3.63) is 70.8 Å². The lowest BCUT2D eigenvalue weighted by Gasteiger charge is -2.20. The lowest BCUT2D eigenvalue weighted by atomic mass is 9.84. The fourth-order valence-electron chi connectivity index (χ4n) is 3.74. The van der Waals surface area contributed by atoms with Crippen molar-refractivity contribution in [3.8, 4) is 0 Å². The van der Waals surface area contributed by atoms with Gasteiger partial charge < -0.3 is 14.2 Å². The summed E-state index contributed by atoms with van der Waals surface area (Å²) in [6.45, 7) is 4.91. The Labute approximate surface area is 185 Å². The van der Waals surface area contributed by atoms with Gasteiger partial charge >= 0.3 is 5.97 Å². The second-order valence-electron chi connectivity index (χ2n) is 8.19. The van der Waals surface area contributed by atoms with E-state index in [0.29, 0.717) is 30.9 Å². The average Bonchev–Trinajstić information content (AvgIpc) is 2.77. The molecule has 1 atom stereocenters. The van der Waals surface area contributed by atoms with Crippen LogP contribution in [0.3, 0.4) is 0 Å². The van der Waals surface area contributed by atoms with Gasteiger partial charge in [0, 0.05) is 25.5 Å². The van der Waals surface area contributed by atoms with Gasteiger partial charge in [-0.25, -0.2) is 0 Å². The summed E-state index contributed by atoms with van der Waals surface area (Å²) in [6, 6.07) is 15.9. The predicted molar refractivity (Wildman–Crippen MR) is 121 cm³/mol. The molecule has 0 amide bonds. The third kappa shape index (κ3) is 8.27. The zero-order valence-corrected chi connectivity index (χ0v) is 19.1. The second-order valence-corrected chi connectivity index (χ2v) is 8.19. The average molecular weight is 427 g/mol. The normalized spacial score (nSPS) is 12.0. The zero-order chi connectivity index (χ0) is 22.6. The molecule has 1 unspecified atom stereocenters. The highest BCUT2D eigenvalue weighted by Gasteiger charge is 2.21. The first-order valence-electron chi connectivity index (χ1n) is 10.8. The van der Waals surface area contributed by atoms with E-state index in [1.165, 1.54) is 12.7 Å². The molecule has 2 rings (SSSR count). The van der Waals surface area contributed by atoms with Gasteiger partial charge in [-0.1, -0.05) is 56.3 Å². The molecule has 0 saturated heterocycles. The third-order valence-electron chi connectivity index (χ3n) is 5.23. The molecule has 2 aromatic carbocycles. The van der Waals surface area contributed by atoms with Crippen LogP contribution in [0.5, 0.6) is 0 Å². The number of carbonyl (C=O) groups is 2. The Hall–Kier alpha value is -2.50. The first-order valence-corrected chi connectivity index (χ1v) is 10.8. The number of ether oxygens (including phenoxy) is 3. The quantitative estimate of drug-likeness (QED) is 0.188. The number of carbonyl (C=O) groups excluding carboxylic acids is 2. The number of Topliss-reactive ketones (excluding diaryl/α,β-unsaturated/α-hetero) is 1. The number of hydrogen-bond acceptors (Lipinski definition) is 5. The van der Waals surface area contributed by atoms with Gasteiger partial charge in [-0.2, -0.15) is 0 Å². The molecule has 31 heavy (non-hydrogen) atoms. The molecule has 2 aromatic rings. The third-order valence-corrected chi connectivity index (χ3v) is 5.23. The number of hydrogen-bond donors (Lipinski definition) is 0. The monoisotopic (exact) mass is 426 g/mol. The standard InChI is InChI=1S/C26H34O5/c1-19(2)14-23(21-8-6-5-7-9-21)16-25(27)24-15-20(17-31-18-29-3)10-11-22(24)12-13-26(28)30-4/h5-11,15,19,23H,12-14,16-18H2,1-4H3. The minimum absolute atomic E-state index is 0.0861. The largest absolute Gasteiger partial charge is 0.469 e. The van der Waals surface area contributed by atoms with E-state index < -0.39 is 0 Å². The maximum Gasteiger partial charge on any atom is 0.305 e. The van der Waals surface area contributed by atoms with Crippen LogP contribution in [0.4, 0.5) is 0 Å². The maximum absolute atomic E-state index is 13.4. The number of ketones is 1. The Morgan fingerprint density at radius 3 is 2.39 bits per heavy atom. The van der Waals surface area contributed by atoms with Gasteiger partial charge in [-0.15, -0.1) is 0 Å². The van der Waals surface area contributed by atoms with E-state index in [9.17, 15) is 9.59 Å². The van der Waals surface area contributed by atoms with E-state index in [2.05, 4.69) is 26.0 Å². The van der Waals surface area contributed by atoms with E-state index in [-0.39, 0.29) is 30.9 Å². The van der Waals surface area contributed by atoms with Gasteiger partial charge in [0.2, 0.25) is 0 Å². The molecular formula is C26H34O5. The van der Waals surface area contributed by atoms with E-state index in [1.807, 2.05) is 36.4 Å². The highest BCUT2D eigenvalue weighted by atomic mass is 16.7. The van der Waals surface area contributed by atoms with Crippen molar-refractivity contribution in [1.29, 1.82) is 0 Å². The van der Waals surface area contributed by atoms with Crippen LogP contribution in [0, 0.1) is 5.92 Å². The number of rotatable bonds is 13. The second kappa shape index (κ2) is 13.0. The molecule has 5 heteroatoms. The Bertz CT molecular complexity index is 829. The smallest absolute Gasteiger partial charge is 0.305 e. The van der Waals surface area contributed by atoms with E-state index in [4.69, 9.17) is 14.2 Å². The van der Waals surface area contributed by atoms with Crippen molar-refractivity contribution in [1.82, 2.24) is 0 Å². The molecule has 0 spiro atoms. The summed E-state index contributed by atoms with van der Waals surface area (Å²) >= 11 is 0. The number of aryl methyl sites for hydroxylation is 1. The molecule has 0 heterocycles. The summed E-state index contributed by atoms with van der Waals surface area (Å²) in [4.78, 5) is 25.1. The lowest BCUT2D eigenvalue weighted by molar-refractivity contribution is -0.140. The van der Waals surface area contributed by atoms with Crippen molar-refractivity contribution in [2.24, 2.45) is 5.92 Å². The van der Waals surface area contributed by atoms with Crippen LogP contribution in [0.1, 0.15) is 66.1 Å². The fraction of sp³-hybridized carbons (Fsp3) is 0.462. The summed E-state index contributed by atoms with van der Waals surface area (Å²) in [5.41, 5.74) is 3.61. The van der Waals surface area contributed by atoms with E-state index >= 15 is 0 Å². The molecular weight excluding hydrogens is 392 g/mol. The molecule has 0 bridgehead atoms. The molecule has 0 N–H and O–H groups in total. The molecule has 0 aliphatic rings. The van der Waals surface area contributed by atoms with Crippen LogP contribution < -0.4 is 0 Å². The van der Waals surface area contributed by atoms with Crippen LogP contribution in [0.2, 0.25) is 0 Å². The summed E-state index contributed by atoms with van der Waals surface area (Å²) in [5, 5.41) is 0. The molecule has 0 aromatic heterocycles. The van der Waals surface area contributed by atoms with E-state index in [1.54, 1.807) is 7.11 Å². The molecule has 0 aliphatic heterocycles.